The van der Waals surface area contributed by atoms with E-state index in [1.165, 1.54) is 35.3 Å². The Morgan fingerprint density at radius 3 is 2.76 bits per heavy atom. The molecule has 3 rings (SSSR count). The van der Waals surface area contributed by atoms with Crippen molar-refractivity contribution in [3.8, 4) is 0 Å². The van der Waals surface area contributed by atoms with Gasteiger partial charge in [0.25, 0.3) is 5.91 Å². The van der Waals surface area contributed by atoms with E-state index in [-0.39, 0.29) is 5.91 Å². The zero-order valence-corrected chi connectivity index (χ0v) is 13.0. The summed E-state index contributed by atoms with van der Waals surface area (Å²) in [6.07, 6.45) is 7.03. The SMILES string of the molecule is O=C(NCCc1ccccc1)c1cc2c(s1)CCCCC2. The summed E-state index contributed by atoms with van der Waals surface area (Å²) in [5, 5.41) is 3.04. The summed E-state index contributed by atoms with van der Waals surface area (Å²) in [4.78, 5) is 14.6. The lowest BCUT2D eigenvalue weighted by molar-refractivity contribution is 0.0958. The molecule has 1 aliphatic rings. The van der Waals surface area contributed by atoms with Gasteiger partial charge in [-0.2, -0.15) is 0 Å². The molecule has 1 aromatic carbocycles. The van der Waals surface area contributed by atoms with Crippen molar-refractivity contribution in [2.75, 3.05) is 6.54 Å². The van der Waals surface area contributed by atoms with Gasteiger partial charge in [0.15, 0.2) is 0 Å². The summed E-state index contributed by atoms with van der Waals surface area (Å²) in [7, 11) is 0. The maximum atomic E-state index is 12.2. The number of hydrogen-bond acceptors (Lipinski definition) is 2. The maximum Gasteiger partial charge on any atom is 0.261 e. The van der Waals surface area contributed by atoms with Gasteiger partial charge in [-0.05, 0) is 49.3 Å². The summed E-state index contributed by atoms with van der Waals surface area (Å²) in [5.74, 6) is 0.0870. The van der Waals surface area contributed by atoms with Crippen LogP contribution in [0.25, 0.3) is 0 Å². The van der Waals surface area contributed by atoms with E-state index >= 15 is 0 Å². The zero-order chi connectivity index (χ0) is 14.5. The number of fused-ring (bicyclic) bond motifs is 1. The van der Waals surface area contributed by atoms with Gasteiger partial charge in [0.05, 0.1) is 4.88 Å². The lowest BCUT2D eigenvalue weighted by Gasteiger charge is -2.03. The monoisotopic (exact) mass is 299 g/mol. The van der Waals surface area contributed by atoms with Crippen molar-refractivity contribution in [3.63, 3.8) is 0 Å². The molecule has 0 radical (unpaired) electrons. The molecule has 0 fully saturated rings. The van der Waals surface area contributed by atoms with Crippen LogP contribution in [0.3, 0.4) is 0 Å². The second kappa shape index (κ2) is 6.90. The number of benzene rings is 1. The van der Waals surface area contributed by atoms with Gasteiger partial charge in [0.1, 0.15) is 0 Å². The molecule has 2 nitrogen and oxygen atoms in total. The van der Waals surface area contributed by atoms with E-state index in [4.69, 9.17) is 0 Å². The first-order valence-corrected chi connectivity index (χ1v) is 8.58. The number of carbonyl (C=O) groups is 1. The van der Waals surface area contributed by atoms with Crippen LogP contribution in [0.15, 0.2) is 36.4 Å². The van der Waals surface area contributed by atoms with Crippen LogP contribution in [-0.2, 0) is 19.3 Å². The molecular weight excluding hydrogens is 278 g/mol. The van der Waals surface area contributed by atoms with Crippen molar-refractivity contribution >= 4 is 17.2 Å². The lowest BCUT2D eigenvalue weighted by Crippen LogP contribution is -2.24. The van der Waals surface area contributed by atoms with Crippen LogP contribution in [0.1, 0.15) is 44.9 Å². The fourth-order valence-electron chi connectivity index (χ4n) is 2.83. The molecule has 0 unspecified atom stereocenters. The minimum atomic E-state index is 0.0870. The smallest absolute Gasteiger partial charge is 0.261 e. The zero-order valence-electron chi connectivity index (χ0n) is 12.2. The van der Waals surface area contributed by atoms with E-state index in [1.807, 2.05) is 18.2 Å². The van der Waals surface area contributed by atoms with Gasteiger partial charge in [-0.3, -0.25) is 4.79 Å². The van der Waals surface area contributed by atoms with E-state index < -0.39 is 0 Å². The molecule has 1 heterocycles. The van der Waals surface area contributed by atoms with Crippen molar-refractivity contribution < 1.29 is 4.79 Å². The average Bonchev–Trinajstić information content (AvgIpc) is 2.79. The van der Waals surface area contributed by atoms with E-state index in [1.54, 1.807) is 11.3 Å². The van der Waals surface area contributed by atoms with Crippen LogP contribution < -0.4 is 5.32 Å². The fourth-order valence-corrected chi connectivity index (χ4v) is 4.00. The Morgan fingerprint density at radius 2 is 1.90 bits per heavy atom. The topological polar surface area (TPSA) is 29.1 Å². The third-order valence-electron chi connectivity index (χ3n) is 4.01. The van der Waals surface area contributed by atoms with Gasteiger partial charge >= 0.3 is 0 Å². The van der Waals surface area contributed by atoms with E-state index in [9.17, 15) is 4.79 Å². The van der Waals surface area contributed by atoms with Crippen molar-refractivity contribution in [3.05, 3.63) is 57.3 Å². The van der Waals surface area contributed by atoms with Crippen molar-refractivity contribution in [1.82, 2.24) is 5.32 Å². The van der Waals surface area contributed by atoms with Crippen LogP contribution in [0.4, 0.5) is 0 Å². The maximum absolute atomic E-state index is 12.2. The number of nitrogens with one attached hydrogen (secondary N) is 1. The fraction of sp³-hybridized carbons (Fsp3) is 0.389. The highest BCUT2D eigenvalue weighted by Crippen LogP contribution is 2.28. The van der Waals surface area contributed by atoms with Crippen molar-refractivity contribution in [2.45, 2.75) is 38.5 Å². The molecular formula is C18H21NOS. The van der Waals surface area contributed by atoms with Gasteiger partial charge in [0.2, 0.25) is 0 Å². The van der Waals surface area contributed by atoms with Gasteiger partial charge in [0, 0.05) is 11.4 Å². The van der Waals surface area contributed by atoms with Gasteiger partial charge in [-0.1, -0.05) is 36.8 Å². The van der Waals surface area contributed by atoms with Crippen LogP contribution >= 0.6 is 11.3 Å². The molecule has 1 aromatic heterocycles. The van der Waals surface area contributed by atoms with E-state index in [0.717, 1.165) is 24.1 Å². The number of rotatable bonds is 4. The second-order valence-electron chi connectivity index (χ2n) is 5.61. The number of carbonyl (C=O) groups excluding carboxylic acids is 1. The third kappa shape index (κ3) is 3.73. The summed E-state index contributed by atoms with van der Waals surface area (Å²) < 4.78 is 0. The van der Waals surface area contributed by atoms with Crippen LogP contribution in [0.2, 0.25) is 0 Å². The van der Waals surface area contributed by atoms with Crippen LogP contribution in [-0.4, -0.2) is 12.5 Å². The number of thiophene rings is 1. The Labute approximate surface area is 130 Å². The number of amides is 1. The molecule has 1 amide bonds. The first-order chi connectivity index (χ1) is 10.3. The first kappa shape index (κ1) is 14.3. The van der Waals surface area contributed by atoms with Gasteiger partial charge in [-0.25, -0.2) is 0 Å². The number of hydrogen-bond donors (Lipinski definition) is 1. The Hall–Kier alpha value is -1.61. The Morgan fingerprint density at radius 1 is 1.10 bits per heavy atom. The third-order valence-corrected chi connectivity index (χ3v) is 5.25. The van der Waals surface area contributed by atoms with Gasteiger partial charge in [-0.15, -0.1) is 11.3 Å². The lowest BCUT2D eigenvalue weighted by atomic mass is 10.1. The highest BCUT2D eigenvalue weighted by atomic mass is 32.1. The molecule has 0 bridgehead atoms. The molecule has 3 heteroatoms. The second-order valence-corrected chi connectivity index (χ2v) is 6.75. The highest BCUT2D eigenvalue weighted by molar-refractivity contribution is 7.14. The molecule has 0 saturated carbocycles. The predicted octanol–water partition coefficient (Wildman–Crippen LogP) is 3.99. The molecule has 0 spiro atoms. The molecule has 110 valence electrons. The molecule has 1 N–H and O–H groups in total. The van der Waals surface area contributed by atoms with Crippen molar-refractivity contribution in [2.24, 2.45) is 0 Å². The molecule has 2 aromatic rings. The summed E-state index contributed by atoms with van der Waals surface area (Å²) >= 11 is 1.69. The molecule has 21 heavy (non-hydrogen) atoms. The summed E-state index contributed by atoms with van der Waals surface area (Å²) in [6.45, 7) is 0.700. The Kier molecular flexibility index (Phi) is 4.71. The van der Waals surface area contributed by atoms with E-state index in [2.05, 4.69) is 23.5 Å². The molecule has 0 atom stereocenters. The van der Waals surface area contributed by atoms with E-state index in [0.29, 0.717) is 6.54 Å². The van der Waals surface area contributed by atoms with Crippen LogP contribution in [0, 0.1) is 0 Å². The summed E-state index contributed by atoms with van der Waals surface area (Å²) in [6, 6.07) is 12.4. The standard InChI is InChI=1S/C18H21NOS/c20-18(19-12-11-14-7-3-1-4-8-14)17-13-15-9-5-2-6-10-16(15)21-17/h1,3-4,7-8,13H,2,5-6,9-12H2,(H,19,20). The highest BCUT2D eigenvalue weighted by Gasteiger charge is 2.16. The first-order valence-electron chi connectivity index (χ1n) is 7.76. The van der Waals surface area contributed by atoms with Crippen LogP contribution in [0.5, 0.6) is 0 Å². The molecule has 0 aliphatic heterocycles. The normalized spacial score (nSPS) is 14.3. The summed E-state index contributed by atoms with van der Waals surface area (Å²) in [5.41, 5.74) is 2.67. The minimum Gasteiger partial charge on any atom is -0.351 e. The predicted molar refractivity (Wildman–Crippen MR) is 88.1 cm³/mol. The van der Waals surface area contributed by atoms with Gasteiger partial charge < -0.3 is 5.32 Å². The quantitative estimate of drug-likeness (QED) is 0.850. The Bertz CT molecular complexity index is 579. The molecule has 1 aliphatic carbocycles. The van der Waals surface area contributed by atoms with Crippen molar-refractivity contribution in [1.29, 1.82) is 0 Å². The largest absolute Gasteiger partial charge is 0.351 e. The number of aryl methyl sites for hydroxylation is 2. The molecule has 0 saturated heterocycles. The Balaban J connectivity index is 1.56. The average molecular weight is 299 g/mol. The minimum absolute atomic E-state index is 0.0870.